The van der Waals surface area contributed by atoms with Crippen molar-refractivity contribution in [3.8, 4) is 6.07 Å². The number of fused-ring (bicyclic) bond motifs is 2. The Bertz CT molecular complexity index is 1260. The Balaban J connectivity index is 1.61. The molecular weight excluding hydrogens is 371 g/mol. The molecule has 6 nitrogen and oxygen atoms in total. The molecule has 1 aromatic carbocycles. The van der Waals surface area contributed by atoms with Crippen LogP contribution in [0.15, 0.2) is 29.2 Å². The highest BCUT2D eigenvalue weighted by atomic mass is 19.1. The van der Waals surface area contributed by atoms with Crippen molar-refractivity contribution in [3.05, 3.63) is 74.1 Å². The maximum Gasteiger partial charge on any atom is 0.252 e. The lowest BCUT2D eigenvalue weighted by molar-refractivity contribution is -0.121. The largest absolute Gasteiger partial charge is 0.349 e. The second kappa shape index (κ2) is 7.13. The number of pyridine rings is 2. The van der Waals surface area contributed by atoms with Crippen molar-refractivity contribution in [2.24, 2.45) is 0 Å². The monoisotopic (exact) mass is 390 g/mol. The van der Waals surface area contributed by atoms with E-state index >= 15 is 0 Å². The zero-order chi connectivity index (χ0) is 20.7. The minimum absolute atomic E-state index is 0.102. The van der Waals surface area contributed by atoms with E-state index in [4.69, 9.17) is 5.26 Å². The number of rotatable bonds is 3. The molecule has 1 aliphatic carbocycles. The number of benzene rings is 1. The van der Waals surface area contributed by atoms with E-state index in [0.29, 0.717) is 29.5 Å². The molecule has 0 bridgehead atoms. The summed E-state index contributed by atoms with van der Waals surface area (Å²) in [5, 5.41) is 12.7. The molecular formula is C22H19FN4O2. The molecule has 0 aliphatic heterocycles. The fraction of sp³-hybridized carbons (Fsp3) is 0.273. The summed E-state index contributed by atoms with van der Waals surface area (Å²) in [6, 6.07) is 6.07. The number of hydrogen-bond donors (Lipinski definition) is 2. The van der Waals surface area contributed by atoms with Crippen LogP contribution in [-0.2, 0) is 17.6 Å². The standard InChI is InChI=1S/C22H19FN4O2/c1-11-15(22(29)27-18-5-6-25-12(2)20(11)18)9-19(28)26-17-4-3-14-7-13(10-24)8-16(23)21(14)17/h5-8,17H,3-4,9H2,1-2H3,(H,26,28)(H,27,29)/t17-/m0/s1. The predicted molar refractivity (Wildman–Crippen MR) is 106 cm³/mol. The molecule has 2 N–H and O–H groups in total. The molecule has 1 aliphatic rings. The molecule has 2 aromatic heterocycles. The molecule has 3 aromatic rings. The number of aryl methyl sites for hydroxylation is 3. The van der Waals surface area contributed by atoms with E-state index in [1.165, 1.54) is 6.07 Å². The number of aromatic nitrogens is 2. The molecule has 29 heavy (non-hydrogen) atoms. The van der Waals surface area contributed by atoms with Crippen LogP contribution in [0.2, 0.25) is 0 Å². The van der Waals surface area contributed by atoms with E-state index in [-0.39, 0.29) is 23.5 Å². The van der Waals surface area contributed by atoms with E-state index < -0.39 is 11.9 Å². The summed E-state index contributed by atoms with van der Waals surface area (Å²) in [4.78, 5) is 32.3. The van der Waals surface area contributed by atoms with Crippen molar-refractivity contribution in [2.75, 3.05) is 0 Å². The summed E-state index contributed by atoms with van der Waals surface area (Å²) in [5.41, 5.74) is 3.70. The van der Waals surface area contributed by atoms with Gasteiger partial charge in [-0.25, -0.2) is 4.39 Å². The third-order valence-corrected chi connectivity index (χ3v) is 5.56. The number of H-pyrrole nitrogens is 1. The van der Waals surface area contributed by atoms with Gasteiger partial charge in [-0.05, 0) is 56.0 Å². The highest BCUT2D eigenvalue weighted by molar-refractivity contribution is 5.87. The van der Waals surface area contributed by atoms with Gasteiger partial charge in [0.25, 0.3) is 5.56 Å². The van der Waals surface area contributed by atoms with Gasteiger partial charge in [-0.15, -0.1) is 0 Å². The zero-order valence-corrected chi connectivity index (χ0v) is 16.1. The molecule has 0 saturated heterocycles. The van der Waals surface area contributed by atoms with Gasteiger partial charge in [-0.3, -0.25) is 14.6 Å². The van der Waals surface area contributed by atoms with Crippen LogP contribution >= 0.6 is 0 Å². The number of halogens is 1. The van der Waals surface area contributed by atoms with Crippen LogP contribution < -0.4 is 10.9 Å². The number of nitrogens with zero attached hydrogens (tertiary/aromatic N) is 2. The highest BCUT2D eigenvalue weighted by Crippen LogP contribution is 2.34. The van der Waals surface area contributed by atoms with Crippen LogP contribution in [-0.4, -0.2) is 15.9 Å². The van der Waals surface area contributed by atoms with Gasteiger partial charge in [-0.2, -0.15) is 5.26 Å². The number of hydrogen-bond acceptors (Lipinski definition) is 4. The lowest BCUT2D eigenvalue weighted by atomic mass is 10.0. The van der Waals surface area contributed by atoms with Crippen molar-refractivity contribution in [3.63, 3.8) is 0 Å². The molecule has 2 heterocycles. The summed E-state index contributed by atoms with van der Waals surface area (Å²) >= 11 is 0. The first-order chi connectivity index (χ1) is 13.9. The lowest BCUT2D eigenvalue weighted by Crippen LogP contribution is -2.31. The van der Waals surface area contributed by atoms with Gasteiger partial charge < -0.3 is 10.3 Å². The minimum atomic E-state index is -0.483. The summed E-state index contributed by atoms with van der Waals surface area (Å²) in [6.07, 6.45) is 2.68. The Labute approximate surface area is 166 Å². The SMILES string of the molecule is Cc1nccc2[nH]c(=O)c(CC(=O)N[C@H]3CCc4cc(C#N)cc(F)c43)c(C)c12. The van der Waals surface area contributed by atoms with Gasteiger partial charge in [0.1, 0.15) is 5.82 Å². The number of carbonyl (C=O) groups excluding carboxylic acids is 1. The lowest BCUT2D eigenvalue weighted by Gasteiger charge is -2.16. The van der Waals surface area contributed by atoms with Crippen LogP contribution in [0, 0.1) is 31.0 Å². The van der Waals surface area contributed by atoms with Crippen molar-refractivity contribution in [1.82, 2.24) is 15.3 Å². The van der Waals surface area contributed by atoms with Crippen LogP contribution in [0.25, 0.3) is 10.9 Å². The molecule has 1 atom stereocenters. The molecule has 146 valence electrons. The molecule has 0 fully saturated rings. The number of nitrogens with one attached hydrogen (secondary N) is 2. The quantitative estimate of drug-likeness (QED) is 0.718. The zero-order valence-electron chi connectivity index (χ0n) is 16.1. The molecule has 7 heteroatoms. The number of carbonyl (C=O) groups is 1. The second-order valence-corrected chi connectivity index (χ2v) is 7.35. The van der Waals surface area contributed by atoms with Gasteiger partial charge in [0, 0.05) is 28.4 Å². The fourth-order valence-electron chi connectivity index (χ4n) is 4.21. The number of amides is 1. The van der Waals surface area contributed by atoms with Crippen LogP contribution in [0.3, 0.4) is 0 Å². The molecule has 1 amide bonds. The van der Waals surface area contributed by atoms with Crippen molar-refractivity contribution < 1.29 is 9.18 Å². The first-order valence-electron chi connectivity index (χ1n) is 9.38. The smallest absolute Gasteiger partial charge is 0.252 e. The van der Waals surface area contributed by atoms with E-state index in [2.05, 4.69) is 15.3 Å². The Morgan fingerprint density at radius 1 is 1.41 bits per heavy atom. The van der Waals surface area contributed by atoms with E-state index in [1.807, 2.05) is 19.9 Å². The van der Waals surface area contributed by atoms with E-state index in [9.17, 15) is 14.0 Å². The normalized spacial score (nSPS) is 15.2. The first kappa shape index (κ1) is 18.8. The van der Waals surface area contributed by atoms with Crippen LogP contribution in [0.1, 0.15) is 46.0 Å². The van der Waals surface area contributed by atoms with Gasteiger partial charge in [-0.1, -0.05) is 0 Å². The Morgan fingerprint density at radius 2 is 2.21 bits per heavy atom. The maximum absolute atomic E-state index is 14.4. The third-order valence-electron chi connectivity index (χ3n) is 5.56. The third kappa shape index (κ3) is 3.27. The molecule has 0 unspecified atom stereocenters. The molecule has 0 radical (unpaired) electrons. The molecule has 4 rings (SSSR count). The Kier molecular flexibility index (Phi) is 4.63. The maximum atomic E-state index is 14.4. The van der Waals surface area contributed by atoms with Crippen LogP contribution in [0.5, 0.6) is 0 Å². The summed E-state index contributed by atoms with van der Waals surface area (Å²) in [7, 11) is 0. The predicted octanol–water partition coefficient (Wildman–Crippen LogP) is 2.90. The van der Waals surface area contributed by atoms with Crippen molar-refractivity contribution in [2.45, 2.75) is 39.2 Å². The summed E-state index contributed by atoms with van der Waals surface area (Å²) in [6.45, 7) is 3.66. The molecule has 0 saturated carbocycles. The van der Waals surface area contributed by atoms with Gasteiger partial charge >= 0.3 is 0 Å². The Hall–Kier alpha value is -3.53. The van der Waals surface area contributed by atoms with E-state index in [0.717, 1.165) is 22.2 Å². The summed E-state index contributed by atoms with van der Waals surface area (Å²) in [5.74, 6) is -0.829. The topological polar surface area (TPSA) is 98.6 Å². The molecule has 0 spiro atoms. The fourth-order valence-corrected chi connectivity index (χ4v) is 4.21. The highest BCUT2D eigenvalue weighted by Gasteiger charge is 2.28. The van der Waals surface area contributed by atoms with E-state index in [1.54, 1.807) is 18.3 Å². The van der Waals surface area contributed by atoms with Gasteiger partial charge in [0.15, 0.2) is 0 Å². The first-order valence-corrected chi connectivity index (χ1v) is 9.38. The van der Waals surface area contributed by atoms with Crippen molar-refractivity contribution in [1.29, 1.82) is 5.26 Å². The van der Waals surface area contributed by atoms with Crippen LogP contribution in [0.4, 0.5) is 4.39 Å². The van der Waals surface area contributed by atoms with Crippen molar-refractivity contribution >= 4 is 16.8 Å². The minimum Gasteiger partial charge on any atom is -0.349 e. The van der Waals surface area contributed by atoms with Gasteiger partial charge in [0.2, 0.25) is 5.91 Å². The Morgan fingerprint density at radius 3 is 2.97 bits per heavy atom. The average molecular weight is 390 g/mol. The van der Waals surface area contributed by atoms with Gasteiger partial charge in [0.05, 0.1) is 29.6 Å². The number of nitriles is 1. The number of aromatic amines is 1. The average Bonchev–Trinajstić information content (AvgIpc) is 3.08. The summed E-state index contributed by atoms with van der Waals surface area (Å²) < 4.78 is 14.4. The second-order valence-electron chi connectivity index (χ2n) is 7.35.